The highest BCUT2D eigenvalue weighted by molar-refractivity contribution is 5.36. The van der Waals surface area contributed by atoms with Crippen LogP contribution >= 0.6 is 0 Å². The molecule has 17 heavy (non-hydrogen) atoms. The van der Waals surface area contributed by atoms with Crippen LogP contribution < -0.4 is 10.5 Å². The van der Waals surface area contributed by atoms with Gasteiger partial charge in [-0.2, -0.15) is 0 Å². The lowest BCUT2D eigenvalue weighted by Crippen LogP contribution is -2.02. The first-order valence-electron chi connectivity index (χ1n) is 6.27. The van der Waals surface area contributed by atoms with E-state index < -0.39 is 0 Å². The molecule has 1 fully saturated rings. The van der Waals surface area contributed by atoms with Gasteiger partial charge in [0.15, 0.2) is 0 Å². The zero-order valence-electron chi connectivity index (χ0n) is 10.4. The van der Waals surface area contributed by atoms with Gasteiger partial charge < -0.3 is 15.2 Å². The number of ether oxygens (including phenoxy) is 2. The van der Waals surface area contributed by atoms with Crippen molar-refractivity contribution in [1.29, 1.82) is 0 Å². The van der Waals surface area contributed by atoms with E-state index in [9.17, 15) is 0 Å². The van der Waals surface area contributed by atoms with Gasteiger partial charge in [-0.25, -0.2) is 0 Å². The Kier molecular flexibility index (Phi) is 4.40. The first kappa shape index (κ1) is 12.4. The minimum Gasteiger partial charge on any atom is -0.496 e. The molecule has 0 unspecified atom stereocenters. The van der Waals surface area contributed by atoms with Gasteiger partial charge in [0.05, 0.1) is 13.7 Å². The lowest BCUT2D eigenvalue weighted by atomic mass is 10.1. The van der Waals surface area contributed by atoms with Crippen molar-refractivity contribution in [2.75, 3.05) is 13.7 Å². The van der Waals surface area contributed by atoms with Gasteiger partial charge in [-0.05, 0) is 30.0 Å². The summed E-state index contributed by atoms with van der Waals surface area (Å²) >= 11 is 0. The molecule has 0 saturated heterocycles. The van der Waals surface area contributed by atoms with E-state index >= 15 is 0 Å². The summed E-state index contributed by atoms with van der Waals surface area (Å²) in [6.45, 7) is 2.02. The second kappa shape index (κ2) is 6.03. The van der Waals surface area contributed by atoms with Crippen molar-refractivity contribution in [2.45, 2.75) is 32.4 Å². The smallest absolute Gasteiger partial charge is 0.124 e. The minimum absolute atomic E-state index is 0.555. The molecule has 0 amide bonds. The molecule has 94 valence electrons. The van der Waals surface area contributed by atoms with Crippen LogP contribution in [-0.2, 0) is 17.9 Å². The van der Waals surface area contributed by atoms with Crippen LogP contribution in [0.2, 0.25) is 0 Å². The lowest BCUT2D eigenvalue weighted by Gasteiger charge is -2.10. The number of nitrogens with two attached hydrogens (primary N) is 1. The van der Waals surface area contributed by atoms with Crippen LogP contribution in [0, 0.1) is 5.92 Å². The van der Waals surface area contributed by atoms with Crippen molar-refractivity contribution < 1.29 is 9.47 Å². The molecule has 1 saturated carbocycles. The Morgan fingerprint density at radius 1 is 1.35 bits per heavy atom. The Labute approximate surface area is 103 Å². The standard InChI is InChI=1S/C14H21NO2/c1-16-14-5-4-12(9-15)8-13(14)10-17-7-6-11-2-3-11/h4-5,8,11H,2-3,6-7,9-10,15H2,1H3. The molecule has 1 aliphatic rings. The summed E-state index contributed by atoms with van der Waals surface area (Å²) in [4.78, 5) is 0. The van der Waals surface area contributed by atoms with Gasteiger partial charge in [-0.15, -0.1) is 0 Å². The molecule has 1 aromatic carbocycles. The van der Waals surface area contributed by atoms with E-state index in [-0.39, 0.29) is 0 Å². The van der Waals surface area contributed by atoms with Crippen LogP contribution in [-0.4, -0.2) is 13.7 Å². The Morgan fingerprint density at radius 2 is 2.18 bits per heavy atom. The molecule has 0 bridgehead atoms. The topological polar surface area (TPSA) is 44.5 Å². The second-order valence-electron chi connectivity index (χ2n) is 4.63. The van der Waals surface area contributed by atoms with Crippen molar-refractivity contribution in [3.8, 4) is 5.75 Å². The van der Waals surface area contributed by atoms with Crippen LogP contribution in [0.3, 0.4) is 0 Å². The molecular formula is C14H21NO2. The summed E-state index contributed by atoms with van der Waals surface area (Å²) in [6.07, 6.45) is 3.96. The molecule has 0 aromatic heterocycles. The van der Waals surface area contributed by atoms with Crippen LogP contribution in [0.1, 0.15) is 30.4 Å². The maximum Gasteiger partial charge on any atom is 0.124 e. The van der Waals surface area contributed by atoms with Crippen LogP contribution in [0.25, 0.3) is 0 Å². The maximum absolute atomic E-state index is 5.69. The second-order valence-corrected chi connectivity index (χ2v) is 4.63. The molecule has 0 spiro atoms. The molecule has 1 aliphatic carbocycles. The van der Waals surface area contributed by atoms with Crippen molar-refractivity contribution in [3.05, 3.63) is 29.3 Å². The van der Waals surface area contributed by atoms with Gasteiger partial charge >= 0.3 is 0 Å². The molecule has 2 rings (SSSR count). The first-order chi connectivity index (χ1) is 8.33. The third kappa shape index (κ3) is 3.72. The molecule has 3 nitrogen and oxygen atoms in total. The normalized spacial score (nSPS) is 14.9. The highest BCUT2D eigenvalue weighted by Crippen LogP contribution is 2.32. The Balaban J connectivity index is 1.87. The van der Waals surface area contributed by atoms with Gasteiger partial charge in [0, 0.05) is 18.7 Å². The van der Waals surface area contributed by atoms with E-state index in [0.717, 1.165) is 29.4 Å². The molecule has 0 atom stereocenters. The maximum atomic E-state index is 5.69. The monoisotopic (exact) mass is 235 g/mol. The quantitative estimate of drug-likeness (QED) is 0.738. The van der Waals surface area contributed by atoms with Gasteiger partial charge in [0.1, 0.15) is 5.75 Å². The predicted octanol–water partition coefficient (Wildman–Crippen LogP) is 2.47. The zero-order chi connectivity index (χ0) is 12.1. The van der Waals surface area contributed by atoms with Crippen molar-refractivity contribution in [3.63, 3.8) is 0 Å². The molecule has 0 radical (unpaired) electrons. The third-order valence-corrected chi connectivity index (χ3v) is 3.21. The molecule has 2 N–H and O–H groups in total. The molecule has 0 heterocycles. The van der Waals surface area contributed by atoms with Gasteiger partial charge in [0.25, 0.3) is 0 Å². The van der Waals surface area contributed by atoms with E-state index in [1.165, 1.54) is 19.3 Å². The summed E-state index contributed by atoms with van der Waals surface area (Å²) in [7, 11) is 1.69. The van der Waals surface area contributed by atoms with Crippen molar-refractivity contribution in [1.82, 2.24) is 0 Å². The van der Waals surface area contributed by atoms with Crippen LogP contribution in [0.15, 0.2) is 18.2 Å². The fourth-order valence-electron chi connectivity index (χ4n) is 1.91. The zero-order valence-corrected chi connectivity index (χ0v) is 10.4. The fraction of sp³-hybridized carbons (Fsp3) is 0.571. The number of benzene rings is 1. The third-order valence-electron chi connectivity index (χ3n) is 3.21. The highest BCUT2D eigenvalue weighted by atomic mass is 16.5. The Bertz CT molecular complexity index is 361. The molecule has 0 aliphatic heterocycles. The lowest BCUT2D eigenvalue weighted by molar-refractivity contribution is 0.113. The summed E-state index contributed by atoms with van der Waals surface area (Å²) in [5, 5.41) is 0. The summed E-state index contributed by atoms with van der Waals surface area (Å²) in [5.41, 5.74) is 7.84. The van der Waals surface area contributed by atoms with Gasteiger partial charge in [-0.1, -0.05) is 18.9 Å². The number of hydrogen-bond donors (Lipinski definition) is 1. The molecule has 1 aromatic rings. The molecular weight excluding hydrogens is 214 g/mol. The summed E-state index contributed by atoms with van der Waals surface area (Å²) < 4.78 is 11.0. The van der Waals surface area contributed by atoms with E-state index in [4.69, 9.17) is 15.2 Å². The predicted molar refractivity (Wildman–Crippen MR) is 67.9 cm³/mol. The minimum atomic E-state index is 0.555. The number of rotatable bonds is 7. The number of methoxy groups -OCH3 is 1. The van der Waals surface area contributed by atoms with Gasteiger partial charge in [0.2, 0.25) is 0 Å². The highest BCUT2D eigenvalue weighted by Gasteiger charge is 2.20. The number of hydrogen-bond acceptors (Lipinski definition) is 3. The van der Waals surface area contributed by atoms with Crippen molar-refractivity contribution >= 4 is 0 Å². The first-order valence-corrected chi connectivity index (χ1v) is 6.27. The van der Waals surface area contributed by atoms with Crippen molar-refractivity contribution in [2.24, 2.45) is 11.7 Å². The Hall–Kier alpha value is -1.06. The Morgan fingerprint density at radius 3 is 2.82 bits per heavy atom. The van der Waals surface area contributed by atoms with E-state index in [2.05, 4.69) is 6.07 Å². The van der Waals surface area contributed by atoms with Crippen LogP contribution in [0.5, 0.6) is 5.75 Å². The average molecular weight is 235 g/mol. The van der Waals surface area contributed by atoms with E-state index in [1.807, 2.05) is 12.1 Å². The largest absolute Gasteiger partial charge is 0.496 e. The van der Waals surface area contributed by atoms with Gasteiger partial charge in [-0.3, -0.25) is 0 Å². The van der Waals surface area contributed by atoms with Crippen LogP contribution in [0.4, 0.5) is 0 Å². The summed E-state index contributed by atoms with van der Waals surface area (Å²) in [6, 6.07) is 6.02. The summed E-state index contributed by atoms with van der Waals surface area (Å²) in [5.74, 6) is 1.81. The average Bonchev–Trinajstić information content (AvgIpc) is 3.18. The SMILES string of the molecule is COc1ccc(CN)cc1COCCC1CC1. The molecule has 3 heteroatoms. The van der Waals surface area contributed by atoms with E-state index in [0.29, 0.717) is 13.2 Å². The fourth-order valence-corrected chi connectivity index (χ4v) is 1.91. The van der Waals surface area contributed by atoms with E-state index in [1.54, 1.807) is 7.11 Å².